The van der Waals surface area contributed by atoms with Crippen molar-refractivity contribution in [2.24, 2.45) is 0 Å². The van der Waals surface area contributed by atoms with Gasteiger partial charge < -0.3 is 14.5 Å². The van der Waals surface area contributed by atoms with Crippen LogP contribution in [0.3, 0.4) is 0 Å². The molecule has 5 nitrogen and oxygen atoms in total. The topological polar surface area (TPSA) is 45.7 Å². The molecule has 0 atom stereocenters. The molecule has 1 aliphatic rings. The summed E-state index contributed by atoms with van der Waals surface area (Å²) in [5.41, 5.74) is 0.120. The summed E-state index contributed by atoms with van der Waals surface area (Å²) < 4.78 is 5.15. The van der Waals surface area contributed by atoms with E-state index >= 15 is 0 Å². The molecule has 1 fully saturated rings. The Morgan fingerprint density at radius 2 is 2.00 bits per heavy atom. The molecule has 21 heavy (non-hydrogen) atoms. The summed E-state index contributed by atoms with van der Waals surface area (Å²) in [6.07, 6.45) is 0. The van der Waals surface area contributed by atoms with Crippen LogP contribution in [-0.2, 0) is 14.9 Å². The van der Waals surface area contributed by atoms with E-state index in [9.17, 15) is 4.79 Å². The van der Waals surface area contributed by atoms with Crippen molar-refractivity contribution in [2.45, 2.75) is 33.1 Å². The monoisotopic (exact) mass is 311 g/mol. The van der Waals surface area contributed by atoms with Crippen LogP contribution in [-0.4, -0.2) is 55.2 Å². The maximum Gasteiger partial charge on any atom is 0.317 e. The second-order valence-corrected chi connectivity index (χ2v) is 6.62. The van der Waals surface area contributed by atoms with Gasteiger partial charge in [-0.3, -0.25) is 4.79 Å². The van der Waals surface area contributed by atoms with Crippen molar-refractivity contribution < 1.29 is 9.53 Å². The fourth-order valence-corrected chi connectivity index (χ4v) is 3.42. The Morgan fingerprint density at radius 3 is 2.57 bits per heavy atom. The summed E-state index contributed by atoms with van der Waals surface area (Å²) in [7, 11) is 0. The molecule has 0 bridgehead atoms. The van der Waals surface area contributed by atoms with E-state index in [4.69, 9.17) is 4.74 Å². The third-order valence-electron chi connectivity index (χ3n) is 4.01. The highest BCUT2D eigenvalue weighted by Crippen LogP contribution is 2.30. The predicted molar refractivity (Wildman–Crippen MR) is 86.1 cm³/mol. The summed E-state index contributed by atoms with van der Waals surface area (Å²) in [5, 5.41) is 3.00. The normalized spacial score (nSPS) is 17.0. The van der Waals surface area contributed by atoms with Gasteiger partial charge in [0.1, 0.15) is 5.41 Å². The van der Waals surface area contributed by atoms with Crippen molar-refractivity contribution in [3.8, 4) is 0 Å². The third kappa shape index (κ3) is 3.55. The van der Waals surface area contributed by atoms with E-state index in [2.05, 4.69) is 21.7 Å². The SMILES string of the molecule is CCOC(=O)C(C)(C)c1csc(N2CCN(CC)CC2)n1. The number of nitrogens with zero attached hydrogens (tertiary/aromatic N) is 3. The average Bonchev–Trinajstić information content (AvgIpc) is 2.98. The van der Waals surface area contributed by atoms with Crippen LogP contribution in [0.1, 0.15) is 33.4 Å². The van der Waals surface area contributed by atoms with E-state index in [-0.39, 0.29) is 5.97 Å². The molecule has 2 heterocycles. The number of thiazole rings is 1. The van der Waals surface area contributed by atoms with E-state index in [1.54, 1.807) is 11.3 Å². The minimum absolute atomic E-state index is 0.211. The molecule has 1 aromatic rings. The Bertz CT molecular complexity index is 479. The van der Waals surface area contributed by atoms with Gasteiger partial charge in [-0.05, 0) is 27.3 Å². The van der Waals surface area contributed by atoms with Crippen molar-refractivity contribution in [3.05, 3.63) is 11.1 Å². The quantitative estimate of drug-likeness (QED) is 0.780. The first kappa shape index (κ1) is 16.2. The zero-order valence-corrected chi connectivity index (χ0v) is 14.2. The summed E-state index contributed by atoms with van der Waals surface area (Å²) in [6, 6.07) is 0. The lowest BCUT2D eigenvalue weighted by molar-refractivity contribution is -0.148. The Balaban J connectivity index is 2.06. The van der Waals surface area contributed by atoms with E-state index in [1.807, 2.05) is 26.2 Å². The Hall–Kier alpha value is -1.14. The number of ether oxygens (including phenoxy) is 1. The molecule has 6 heteroatoms. The van der Waals surface area contributed by atoms with Crippen LogP contribution in [0.4, 0.5) is 5.13 Å². The van der Waals surface area contributed by atoms with E-state index in [0.29, 0.717) is 6.61 Å². The predicted octanol–water partition coefficient (Wildman–Crippen LogP) is 2.13. The van der Waals surface area contributed by atoms with Crippen molar-refractivity contribution in [1.29, 1.82) is 0 Å². The third-order valence-corrected chi connectivity index (χ3v) is 4.91. The first-order chi connectivity index (χ1) is 9.98. The van der Waals surface area contributed by atoms with Crippen molar-refractivity contribution in [1.82, 2.24) is 9.88 Å². The number of carbonyl (C=O) groups excluding carboxylic acids is 1. The molecular formula is C15H25N3O2S. The van der Waals surface area contributed by atoms with Gasteiger partial charge in [0.25, 0.3) is 0 Å². The van der Waals surface area contributed by atoms with Gasteiger partial charge in [0.2, 0.25) is 0 Å². The zero-order valence-electron chi connectivity index (χ0n) is 13.4. The van der Waals surface area contributed by atoms with Crippen LogP contribution < -0.4 is 4.90 Å². The van der Waals surface area contributed by atoms with Crippen LogP contribution in [0, 0.1) is 0 Å². The molecule has 0 spiro atoms. The van der Waals surface area contributed by atoms with Crippen LogP contribution in [0.25, 0.3) is 0 Å². The lowest BCUT2D eigenvalue weighted by Crippen LogP contribution is -2.46. The number of aromatic nitrogens is 1. The number of anilines is 1. The average molecular weight is 311 g/mol. The molecule has 2 rings (SSSR count). The molecule has 118 valence electrons. The fourth-order valence-electron chi connectivity index (χ4n) is 2.37. The zero-order chi connectivity index (χ0) is 15.5. The largest absolute Gasteiger partial charge is 0.465 e. The smallest absolute Gasteiger partial charge is 0.317 e. The number of rotatable bonds is 5. The molecule has 1 aliphatic heterocycles. The molecule has 1 aromatic heterocycles. The number of hydrogen-bond donors (Lipinski definition) is 0. The first-order valence-corrected chi connectivity index (χ1v) is 8.47. The number of likely N-dealkylation sites (N-methyl/N-ethyl adjacent to an activating group) is 1. The molecule has 0 saturated carbocycles. The minimum atomic E-state index is -0.685. The molecule has 0 amide bonds. The highest BCUT2D eigenvalue weighted by molar-refractivity contribution is 7.13. The minimum Gasteiger partial charge on any atom is -0.465 e. The number of piperazine rings is 1. The van der Waals surface area contributed by atoms with Crippen molar-refractivity contribution in [2.75, 3.05) is 44.2 Å². The highest BCUT2D eigenvalue weighted by atomic mass is 32.1. The van der Waals surface area contributed by atoms with Gasteiger partial charge in [-0.2, -0.15) is 0 Å². The number of esters is 1. The van der Waals surface area contributed by atoms with Gasteiger partial charge in [-0.1, -0.05) is 6.92 Å². The Morgan fingerprint density at radius 1 is 1.33 bits per heavy atom. The van der Waals surface area contributed by atoms with E-state index in [0.717, 1.165) is 43.5 Å². The lowest BCUT2D eigenvalue weighted by atomic mass is 9.90. The van der Waals surface area contributed by atoms with Gasteiger partial charge in [-0.25, -0.2) is 4.98 Å². The van der Waals surface area contributed by atoms with E-state index in [1.165, 1.54) is 0 Å². The molecule has 0 unspecified atom stereocenters. The first-order valence-electron chi connectivity index (χ1n) is 7.59. The summed E-state index contributed by atoms with van der Waals surface area (Å²) in [6.45, 7) is 13.4. The van der Waals surface area contributed by atoms with Gasteiger partial charge in [0.15, 0.2) is 5.13 Å². The standard InChI is InChI=1S/C15H25N3O2S/c1-5-17-7-9-18(10-8-17)14-16-12(11-21-14)15(3,4)13(19)20-6-2/h11H,5-10H2,1-4H3. The second kappa shape index (κ2) is 6.75. The maximum absolute atomic E-state index is 12.1. The fraction of sp³-hybridized carbons (Fsp3) is 0.733. The summed E-state index contributed by atoms with van der Waals surface area (Å²) in [4.78, 5) is 21.5. The van der Waals surface area contributed by atoms with Crippen LogP contribution in [0.2, 0.25) is 0 Å². The van der Waals surface area contributed by atoms with Gasteiger partial charge in [0.05, 0.1) is 12.3 Å². The Labute approximate surface area is 130 Å². The van der Waals surface area contributed by atoms with Gasteiger partial charge in [-0.15, -0.1) is 11.3 Å². The molecule has 1 saturated heterocycles. The van der Waals surface area contributed by atoms with Crippen LogP contribution in [0.15, 0.2) is 5.38 Å². The van der Waals surface area contributed by atoms with Crippen LogP contribution in [0.5, 0.6) is 0 Å². The summed E-state index contributed by atoms with van der Waals surface area (Å²) in [5.74, 6) is -0.211. The van der Waals surface area contributed by atoms with Gasteiger partial charge >= 0.3 is 5.97 Å². The van der Waals surface area contributed by atoms with Gasteiger partial charge in [0, 0.05) is 31.6 Å². The molecular weight excluding hydrogens is 286 g/mol. The highest BCUT2D eigenvalue weighted by Gasteiger charge is 2.34. The summed E-state index contributed by atoms with van der Waals surface area (Å²) >= 11 is 1.62. The van der Waals surface area contributed by atoms with E-state index < -0.39 is 5.41 Å². The Kier molecular flexibility index (Phi) is 5.22. The molecule has 0 aliphatic carbocycles. The molecule has 0 N–H and O–H groups in total. The number of carbonyl (C=O) groups is 1. The van der Waals surface area contributed by atoms with Crippen molar-refractivity contribution >= 4 is 22.4 Å². The van der Waals surface area contributed by atoms with Crippen molar-refractivity contribution in [3.63, 3.8) is 0 Å². The lowest BCUT2D eigenvalue weighted by Gasteiger charge is -2.33. The molecule has 0 aromatic carbocycles. The molecule has 0 radical (unpaired) electrons. The second-order valence-electron chi connectivity index (χ2n) is 5.78. The number of hydrogen-bond acceptors (Lipinski definition) is 6. The van der Waals surface area contributed by atoms with Crippen LogP contribution >= 0.6 is 11.3 Å². The maximum atomic E-state index is 12.1.